The van der Waals surface area contributed by atoms with E-state index in [1.54, 1.807) is 46.3 Å². The summed E-state index contributed by atoms with van der Waals surface area (Å²) in [5.41, 5.74) is 1.01. The van der Waals surface area contributed by atoms with Crippen LogP contribution >= 0.6 is 0 Å². The normalized spacial score (nSPS) is 18.8. The third kappa shape index (κ3) is 5.12. The Balaban J connectivity index is 1.68. The number of aromatic nitrogens is 1. The van der Waals surface area contributed by atoms with Crippen molar-refractivity contribution in [1.29, 1.82) is 0 Å². The molecule has 0 aliphatic carbocycles. The molecule has 1 fully saturated rings. The number of rotatable bonds is 8. The van der Waals surface area contributed by atoms with Gasteiger partial charge in [-0.2, -0.15) is 8.78 Å². The maximum Gasteiger partial charge on any atom is 0.315 e. The second kappa shape index (κ2) is 9.43. The molecule has 7 nitrogen and oxygen atoms in total. The van der Waals surface area contributed by atoms with Gasteiger partial charge in [0.1, 0.15) is 18.4 Å². The Labute approximate surface area is 179 Å². The lowest BCUT2D eigenvalue weighted by Gasteiger charge is -2.44. The van der Waals surface area contributed by atoms with Crippen LogP contribution in [0.2, 0.25) is 0 Å². The number of hydrogen-bond acceptors (Lipinski definition) is 5. The number of carbonyl (C=O) groups is 1. The number of aliphatic hydroxyl groups is 2. The lowest BCUT2D eigenvalue weighted by Crippen LogP contribution is -2.59. The zero-order chi connectivity index (χ0) is 22.8. The molecule has 1 aromatic heterocycles. The Morgan fingerprint density at radius 1 is 1.23 bits per heavy atom. The predicted octanol–water partition coefficient (Wildman–Crippen LogP) is 1.30. The molecule has 1 saturated heterocycles. The van der Waals surface area contributed by atoms with Crippen molar-refractivity contribution < 1.29 is 32.4 Å². The molecule has 31 heavy (non-hydrogen) atoms. The summed E-state index contributed by atoms with van der Waals surface area (Å²) in [7, 11) is -1.15. The van der Waals surface area contributed by atoms with Gasteiger partial charge < -0.3 is 15.5 Å². The van der Waals surface area contributed by atoms with Crippen molar-refractivity contribution in [1.82, 2.24) is 14.6 Å². The third-order valence-corrected chi connectivity index (χ3v) is 6.12. The minimum atomic E-state index is -3.30. The number of hydrogen-bond donors (Lipinski definition) is 3. The van der Waals surface area contributed by atoms with E-state index in [-0.39, 0.29) is 18.7 Å². The molecular weight excluding hydrogens is 435 g/mol. The summed E-state index contributed by atoms with van der Waals surface area (Å²) >= 11 is 0. The van der Waals surface area contributed by atoms with E-state index in [2.05, 4.69) is 4.98 Å². The van der Waals surface area contributed by atoms with Gasteiger partial charge in [-0.3, -0.25) is 9.78 Å². The molecule has 3 atom stereocenters. The SMILES string of the molecule is CS(=O)N1CC(O)(c2ccc(-c3ccc(C(O)C(CF)NC(=O)C(F)F)cc3)cn2)C1. The van der Waals surface area contributed by atoms with E-state index in [1.807, 2.05) is 0 Å². The van der Waals surface area contributed by atoms with Crippen LogP contribution in [0.25, 0.3) is 11.1 Å². The van der Waals surface area contributed by atoms with Crippen LogP contribution < -0.4 is 5.32 Å². The Kier molecular flexibility index (Phi) is 7.10. The van der Waals surface area contributed by atoms with Gasteiger partial charge in [-0.25, -0.2) is 12.9 Å². The number of carbonyl (C=O) groups excluding carboxylic acids is 1. The van der Waals surface area contributed by atoms with Gasteiger partial charge in [-0.05, 0) is 17.2 Å². The molecule has 1 aliphatic heterocycles. The summed E-state index contributed by atoms with van der Waals surface area (Å²) in [5.74, 6) is -1.65. The summed E-state index contributed by atoms with van der Waals surface area (Å²) in [6, 6.07) is 8.21. The monoisotopic (exact) mass is 457 g/mol. The summed E-state index contributed by atoms with van der Waals surface area (Å²) < 4.78 is 50.9. The van der Waals surface area contributed by atoms with Crippen LogP contribution in [0.5, 0.6) is 0 Å². The van der Waals surface area contributed by atoms with Crippen molar-refractivity contribution in [3.8, 4) is 11.1 Å². The first-order valence-corrected chi connectivity index (χ1v) is 10.9. The average molecular weight is 457 g/mol. The van der Waals surface area contributed by atoms with E-state index in [0.717, 1.165) is 11.1 Å². The van der Waals surface area contributed by atoms with Crippen LogP contribution in [0.3, 0.4) is 0 Å². The molecule has 3 rings (SSSR count). The van der Waals surface area contributed by atoms with Gasteiger partial charge in [0.15, 0.2) is 0 Å². The third-order valence-electron chi connectivity index (χ3n) is 5.14. The molecule has 1 aliphatic rings. The second-order valence-corrected chi connectivity index (χ2v) is 8.69. The van der Waals surface area contributed by atoms with Gasteiger partial charge in [0.2, 0.25) is 0 Å². The Morgan fingerprint density at radius 3 is 2.32 bits per heavy atom. The van der Waals surface area contributed by atoms with Crippen LogP contribution in [0.4, 0.5) is 13.2 Å². The van der Waals surface area contributed by atoms with Crippen molar-refractivity contribution in [2.75, 3.05) is 26.0 Å². The Morgan fingerprint density at radius 2 is 1.84 bits per heavy atom. The van der Waals surface area contributed by atoms with E-state index in [0.29, 0.717) is 5.69 Å². The van der Waals surface area contributed by atoms with Crippen LogP contribution in [0.1, 0.15) is 17.4 Å². The highest BCUT2D eigenvalue weighted by Gasteiger charge is 2.45. The Hall–Kier alpha value is -2.34. The molecule has 0 radical (unpaired) electrons. The number of nitrogens with zero attached hydrogens (tertiary/aromatic N) is 2. The van der Waals surface area contributed by atoms with Crippen LogP contribution in [0.15, 0.2) is 42.6 Å². The van der Waals surface area contributed by atoms with E-state index >= 15 is 0 Å². The maximum absolute atomic E-state index is 13.1. The number of nitrogens with one attached hydrogen (secondary N) is 1. The molecule has 3 unspecified atom stereocenters. The number of alkyl halides is 3. The van der Waals surface area contributed by atoms with Gasteiger partial charge in [0, 0.05) is 31.1 Å². The zero-order valence-corrected chi connectivity index (χ0v) is 17.4. The minimum Gasteiger partial charge on any atom is -0.386 e. The topological polar surface area (TPSA) is 103 Å². The van der Waals surface area contributed by atoms with Gasteiger partial charge in [0.05, 0.1) is 22.7 Å². The van der Waals surface area contributed by atoms with E-state index in [4.69, 9.17) is 0 Å². The summed E-state index contributed by atoms with van der Waals surface area (Å²) in [6.45, 7) is -0.752. The van der Waals surface area contributed by atoms with Crippen molar-refractivity contribution >= 4 is 16.9 Å². The predicted molar refractivity (Wildman–Crippen MR) is 108 cm³/mol. The standard InChI is InChI=1S/C20H22F3N3O4S/c1-31(30)26-10-20(29,11-26)16-7-6-14(9-24-16)12-2-4-13(5-3-12)17(27)15(8-21)25-19(28)18(22)23/h2-7,9,15,17-18,27,29H,8,10-11H2,1H3,(H,25,28). The van der Waals surface area contributed by atoms with Crippen molar-refractivity contribution in [3.63, 3.8) is 0 Å². The molecule has 0 saturated carbocycles. The Bertz CT molecular complexity index is 938. The molecule has 2 aromatic rings. The minimum absolute atomic E-state index is 0.229. The molecule has 168 valence electrons. The quantitative estimate of drug-likeness (QED) is 0.555. The fraction of sp³-hybridized carbons (Fsp3) is 0.400. The molecule has 11 heteroatoms. The average Bonchev–Trinajstić information content (AvgIpc) is 2.74. The van der Waals surface area contributed by atoms with Gasteiger partial charge in [-0.15, -0.1) is 0 Å². The second-order valence-electron chi connectivity index (χ2n) is 7.32. The lowest BCUT2D eigenvalue weighted by molar-refractivity contribution is -0.133. The number of pyridine rings is 1. The number of aliphatic hydroxyl groups excluding tert-OH is 1. The number of benzene rings is 1. The molecular formula is C20H22F3N3O4S. The highest BCUT2D eigenvalue weighted by Crippen LogP contribution is 2.32. The molecule has 1 aromatic carbocycles. The summed E-state index contributed by atoms with van der Waals surface area (Å²) in [6.07, 6.45) is -1.69. The first-order valence-electron chi connectivity index (χ1n) is 9.35. The largest absolute Gasteiger partial charge is 0.386 e. The van der Waals surface area contributed by atoms with Crippen LogP contribution in [0, 0.1) is 0 Å². The number of β-amino-alcohol motifs (C(OH)–C–C–N with tert-alkyl or cyclic N) is 1. The van der Waals surface area contributed by atoms with E-state index in [1.165, 1.54) is 12.1 Å². The van der Waals surface area contributed by atoms with Crippen LogP contribution in [-0.2, 0) is 21.4 Å². The van der Waals surface area contributed by atoms with Gasteiger partial charge in [0.25, 0.3) is 5.91 Å². The first-order chi connectivity index (χ1) is 14.6. The van der Waals surface area contributed by atoms with Gasteiger partial charge in [-0.1, -0.05) is 30.3 Å². The smallest absolute Gasteiger partial charge is 0.315 e. The summed E-state index contributed by atoms with van der Waals surface area (Å²) in [5, 5.41) is 22.6. The fourth-order valence-corrected chi connectivity index (χ4v) is 4.06. The lowest BCUT2D eigenvalue weighted by atomic mass is 9.92. The molecule has 3 N–H and O–H groups in total. The zero-order valence-electron chi connectivity index (χ0n) is 16.5. The van der Waals surface area contributed by atoms with E-state index in [9.17, 15) is 32.4 Å². The van der Waals surface area contributed by atoms with Crippen molar-refractivity contribution in [3.05, 3.63) is 53.9 Å². The van der Waals surface area contributed by atoms with E-state index < -0.39 is 47.7 Å². The highest BCUT2D eigenvalue weighted by molar-refractivity contribution is 7.81. The first kappa shape index (κ1) is 23.3. The van der Waals surface area contributed by atoms with Crippen molar-refractivity contribution in [2.45, 2.75) is 24.2 Å². The molecule has 1 amide bonds. The van der Waals surface area contributed by atoms with Gasteiger partial charge >= 0.3 is 6.43 Å². The van der Waals surface area contributed by atoms with Crippen LogP contribution in [-0.4, -0.2) is 68.1 Å². The molecule has 0 spiro atoms. The number of halogens is 3. The summed E-state index contributed by atoms with van der Waals surface area (Å²) in [4.78, 5) is 15.4. The highest BCUT2D eigenvalue weighted by atomic mass is 32.2. The van der Waals surface area contributed by atoms with Crippen molar-refractivity contribution in [2.24, 2.45) is 0 Å². The fourth-order valence-electron chi connectivity index (χ4n) is 3.27. The maximum atomic E-state index is 13.1. The molecule has 2 heterocycles. The number of amides is 1. The molecule has 0 bridgehead atoms.